The first-order valence-corrected chi connectivity index (χ1v) is 8.84. The fourth-order valence-electron chi connectivity index (χ4n) is 5.17. The first-order chi connectivity index (χ1) is 11.9. The summed E-state index contributed by atoms with van der Waals surface area (Å²) in [5.41, 5.74) is -0.765. The van der Waals surface area contributed by atoms with Crippen LogP contribution in [-0.2, 0) is 9.37 Å². The molecule has 0 spiro atoms. The van der Waals surface area contributed by atoms with Crippen molar-refractivity contribution in [1.29, 1.82) is 0 Å². The molecule has 4 nitrogen and oxygen atoms in total. The molecule has 0 N–H and O–H groups in total. The van der Waals surface area contributed by atoms with Crippen molar-refractivity contribution in [3.63, 3.8) is 0 Å². The van der Waals surface area contributed by atoms with Crippen LogP contribution in [0.25, 0.3) is 0 Å². The number of ether oxygens (including phenoxy) is 1. The SMILES string of the molecule is [O-]OOSc1c(F)c(F)c(OC23CC4CC(CC(C4)C2)C3)c(F)c1F. The van der Waals surface area contributed by atoms with Crippen LogP contribution in [0, 0.1) is 41.0 Å². The van der Waals surface area contributed by atoms with E-state index >= 15 is 0 Å². The molecule has 0 amide bonds. The van der Waals surface area contributed by atoms with Crippen LogP contribution in [-0.4, -0.2) is 5.60 Å². The maximum atomic E-state index is 14.3. The second-order valence-corrected chi connectivity index (χ2v) is 8.05. The van der Waals surface area contributed by atoms with Gasteiger partial charge in [-0.25, -0.2) is 8.78 Å². The third kappa shape index (κ3) is 2.90. The average Bonchev–Trinajstić information content (AvgIpc) is 2.56. The number of benzene rings is 1. The Morgan fingerprint density at radius 2 is 1.32 bits per heavy atom. The minimum atomic E-state index is -1.68. The number of hydrogen-bond acceptors (Lipinski definition) is 5. The first kappa shape index (κ1) is 17.4. The summed E-state index contributed by atoms with van der Waals surface area (Å²) in [5, 5.41) is 12.7. The Hall–Kier alpha value is -1.03. The van der Waals surface area contributed by atoms with E-state index in [0.29, 0.717) is 37.0 Å². The number of rotatable bonds is 5. The van der Waals surface area contributed by atoms with Gasteiger partial charge in [0.2, 0.25) is 11.6 Å². The van der Waals surface area contributed by atoms with Crippen LogP contribution in [0.3, 0.4) is 0 Å². The summed E-state index contributed by atoms with van der Waals surface area (Å²) < 4.78 is 66.2. The van der Waals surface area contributed by atoms with Crippen molar-refractivity contribution in [2.75, 3.05) is 0 Å². The molecular weight excluding hydrogens is 364 g/mol. The van der Waals surface area contributed by atoms with Gasteiger partial charge in [0.25, 0.3) is 0 Å². The molecule has 1 aromatic carbocycles. The van der Waals surface area contributed by atoms with Crippen molar-refractivity contribution in [3.8, 4) is 5.75 Å². The van der Waals surface area contributed by atoms with Gasteiger partial charge in [0, 0.05) is 0 Å². The van der Waals surface area contributed by atoms with E-state index in [1.807, 2.05) is 0 Å². The van der Waals surface area contributed by atoms with Gasteiger partial charge >= 0.3 is 0 Å². The van der Waals surface area contributed by atoms with Gasteiger partial charge in [0.15, 0.2) is 17.4 Å². The van der Waals surface area contributed by atoms with Crippen molar-refractivity contribution < 1.29 is 36.9 Å². The minimum Gasteiger partial charge on any atom is -0.691 e. The lowest BCUT2D eigenvalue weighted by Gasteiger charge is -2.56. The van der Waals surface area contributed by atoms with Gasteiger partial charge in [0.1, 0.15) is 10.5 Å². The molecule has 138 valence electrons. The van der Waals surface area contributed by atoms with E-state index in [0.717, 1.165) is 19.3 Å². The molecule has 0 aliphatic heterocycles. The first-order valence-electron chi connectivity index (χ1n) is 8.10. The molecule has 0 saturated heterocycles. The predicted octanol–water partition coefficient (Wildman–Crippen LogP) is 3.82. The summed E-state index contributed by atoms with van der Waals surface area (Å²) in [6.45, 7) is 0. The fraction of sp³-hybridized carbons (Fsp3) is 0.625. The van der Waals surface area contributed by atoms with Gasteiger partial charge in [-0.3, -0.25) is 5.04 Å². The lowest BCUT2D eigenvalue weighted by molar-refractivity contribution is -0.777. The van der Waals surface area contributed by atoms with Crippen LogP contribution in [0.4, 0.5) is 17.6 Å². The smallest absolute Gasteiger partial charge is 0.205 e. The fourth-order valence-corrected chi connectivity index (χ4v) is 5.60. The van der Waals surface area contributed by atoms with Crippen LogP contribution < -0.4 is 9.99 Å². The van der Waals surface area contributed by atoms with Crippen molar-refractivity contribution >= 4 is 12.0 Å². The van der Waals surface area contributed by atoms with Crippen LogP contribution >= 0.6 is 12.0 Å². The second-order valence-electron chi connectivity index (χ2n) is 7.34. The summed E-state index contributed by atoms with van der Waals surface area (Å²) >= 11 is -0.240. The van der Waals surface area contributed by atoms with Gasteiger partial charge < -0.3 is 9.99 Å². The Morgan fingerprint density at radius 3 is 1.76 bits per heavy atom. The van der Waals surface area contributed by atoms with Crippen molar-refractivity contribution in [3.05, 3.63) is 23.3 Å². The zero-order chi connectivity index (χ0) is 17.8. The summed E-state index contributed by atoms with van der Waals surface area (Å²) in [6.07, 6.45) is 5.18. The van der Waals surface area contributed by atoms with E-state index in [4.69, 9.17) is 4.74 Å². The summed E-state index contributed by atoms with van der Waals surface area (Å²) in [5.74, 6) is -6.36. The van der Waals surface area contributed by atoms with Gasteiger partial charge in [0.05, 0.1) is 12.0 Å². The van der Waals surface area contributed by atoms with E-state index in [1.165, 1.54) is 0 Å². The molecule has 4 bridgehead atoms. The van der Waals surface area contributed by atoms with Gasteiger partial charge in [-0.15, -0.1) is 0 Å². The highest BCUT2D eigenvalue weighted by atomic mass is 32.2. The van der Waals surface area contributed by atoms with Gasteiger partial charge in [-0.2, -0.15) is 13.1 Å². The molecule has 25 heavy (non-hydrogen) atoms. The number of halogens is 4. The Balaban J connectivity index is 1.67. The molecule has 4 aliphatic rings. The number of hydrogen-bond donors (Lipinski definition) is 0. The minimum absolute atomic E-state index is 0.240. The molecule has 1 aromatic rings. The van der Waals surface area contributed by atoms with Crippen LogP contribution in [0.15, 0.2) is 4.90 Å². The van der Waals surface area contributed by atoms with E-state index in [9.17, 15) is 22.8 Å². The molecular formula is C16H15F4O4S-. The van der Waals surface area contributed by atoms with E-state index in [1.54, 1.807) is 0 Å². The van der Waals surface area contributed by atoms with E-state index in [-0.39, 0.29) is 12.0 Å². The third-order valence-electron chi connectivity index (χ3n) is 5.63. The molecule has 0 atom stereocenters. The zero-order valence-corrected chi connectivity index (χ0v) is 13.8. The molecule has 4 aliphatic carbocycles. The Morgan fingerprint density at radius 1 is 0.840 bits per heavy atom. The Bertz CT molecular complexity index is 635. The standard InChI is InChI=1S/C16H16F4O4S/c17-10-12(19)15(25-24-23-21)13(20)11(18)14(10)22-16-4-7-1-8(5-16)3-9(2-7)6-16/h7-9,21H,1-6H2/p-1. The normalized spacial score (nSPS) is 33.1. The van der Waals surface area contributed by atoms with Gasteiger partial charge in [-0.1, -0.05) is 0 Å². The monoisotopic (exact) mass is 379 g/mol. The lowest BCUT2D eigenvalue weighted by atomic mass is 9.54. The summed E-state index contributed by atoms with van der Waals surface area (Å²) in [6, 6.07) is 0. The van der Waals surface area contributed by atoms with Crippen LogP contribution in [0.5, 0.6) is 5.75 Å². The molecule has 0 radical (unpaired) electrons. The molecule has 5 rings (SSSR count). The molecule has 0 unspecified atom stereocenters. The Kier molecular flexibility index (Phi) is 4.38. The predicted molar refractivity (Wildman–Crippen MR) is 75.8 cm³/mol. The highest BCUT2D eigenvalue weighted by Gasteiger charge is 2.53. The van der Waals surface area contributed by atoms with Crippen LogP contribution in [0.1, 0.15) is 38.5 Å². The maximum Gasteiger partial charge on any atom is 0.205 e. The van der Waals surface area contributed by atoms with E-state index < -0.39 is 39.5 Å². The van der Waals surface area contributed by atoms with Crippen molar-refractivity contribution in [1.82, 2.24) is 0 Å². The quantitative estimate of drug-likeness (QED) is 0.256. The topological polar surface area (TPSA) is 50.8 Å². The molecule has 4 saturated carbocycles. The van der Waals surface area contributed by atoms with E-state index in [2.05, 4.69) is 9.37 Å². The molecule has 4 fully saturated rings. The molecule has 0 heterocycles. The highest BCUT2D eigenvalue weighted by Crippen LogP contribution is 2.57. The Labute approximate surface area is 145 Å². The largest absolute Gasteiger partial charge is 0.691 e. The van der Waals surface area contributed by atoms with Crippen molar-refractivity contribution in [2.45, 2.75) is 49.0 Å². The van der Waals surface area contributed by atoms with Crippen molar-refractivity contribution in [2.24, 2.45) is 17.8 Å². The third-order valence-corrected chi connectivity index (χ3v) is 6.28. The lowest BCUT2D eigenvalue weighted by Crippen LogP contribution is -2.54. The van der Waals surface area contributed by atoms with Crippen LogP contribution in [0.2, 0.25) is 0 Å². The van der Waals surface area contributed by atoms with Gasteiger partial charge in [-0.05, 0) is 56.3 Å². The zero-order valence-electron chi connectivity index (χ0n) is 13.0. The maximum absolute atomic E-state index is 14.3. The summed E-state index contributed by atoms with van der Waals surface area (Å²) in [4.78, 5) is -1.14. The molecule has 0 aromatic heterocycles. The second kappa shape index (κ2) is 6.29. The highest BCUT2D eigenvalue weighted by molar-refractivity contribution is 7.94. The summed E-state index contributed by atoms with van der Waals surface area (Å²) in [7, 11) is 0. The average molecular weight is 379 g/mol. The molecule has 9 heteroatoms.